The Kier molecular flexibility index (Phi) is 7.39. The molecule has 30 heavy (non-hydrogen) atoms. The van der Waals surface area contributed by atoms with Gasteiger partial charge in [0.25, 0.3) is 5.91 Å². The fourth-order valence-electron chi connectivity index (χ4n) is 3.67. The van der Waals surface area contributed by atoms with E-state index in [-0.39, 0.29) is 11.7 Å². The van der Waals surface area contributed by atoms with Crippen LogP contribution in [0.15, 0.2) is 36.4 Å². The number of piperazine rings is 1. The van der Waals surface area contributed by atoms with Crippen molar-refractivity contribution < 1.29 is 18.3 Å². The second-order valence-corrected chi connectivity index (χ2v) is 7.86. The molecule has 7 heteroatoms. The van der Waals surface area contributed by atoms with Crippen LogP contribution in [0.1, 0.15) is 27.0 Å². The lowest BCUT2D eigenvalue weighted by atomic mass is 10.0. The average Bonchev–Trinajstić information content (AvgIpc) is 2.71. The molecule has 1 amide bonds. The van der Waals surface area contributed by atoms with Crippen LogP contribution in [-0.2, 0) is 6.42 Å². The second kappa shape index (κ2) is 10.00. The quantitative estimate of drug-likeness (QED) is 0.741. The lowest BCUT2D eigenvalue weighted by Gasteiger charge is -2.32. The Labute approximate surface area is 176 Å². The standard InChI is InChI=1S/C23H29F2N3O2/c1-16-14-19(15-17(2)21(16)30-23(24)25)22(29)26-20-6-4-18(5-7-20)8-9-28-12-10-27(3)11-13-28/h4-7,14-15,23H,8-13H2,1-3H3,(H,26,29). The van der Waals surface area contributed by atoms with Crippen molar-refractivity contribution in [3.8, 4) is 5.75 Å². The highest BCUT2D eigenvalue weighted by Crippen LogP contribution is 2.27. The van der Waals surface area contributed by atoms with E-state index in [2.05, 4.69) is 26.9 Å². The summed E-state index contributed by atoms with van der Waals surface area (Å²) in [6, 6.07) is 11.0. The molecule has 0 radical (unpaired) electrons. The molecule has 2 aromatic carbocycles. The third kappa shape index (κ3) is 6.00. The molecule has 0 aliphatic carbocycles. The van der Waals surface area contributed by atoms with Gasteiger partial charge in [0.1, 0.15) is 5.75 Å². The molecule has 5 nitrogen and oxygen atoms in total. The monoisotopic (exact) mass is 417 g/mol. The fourth-order valence-corrected chi connectivity index (χ4v) is 3.67. The van der Waals surface area contributed by atoms with E-state index in [4.69, 9.17) is 0 Å². The van der Waals surface area contributed by atoms with Gasteiger partial charge in [0, 0.05) is 44.0 Å². The first kappa shape index (κ1) is 22.2. The van der Waals surface area contributed by atoms with Gasteiger partial charge in [-0.25, -0.2) is 0 Å². The Morgan fingerprint density at radius 3 is 2.23 bits per heavy atom. The van der Waals surface area contributed by atoms with E-state index in [0.717, 1.165) is 39.1 Å². The van der Waals surface area contributed by atoms with Crippen LogP contribution in [0.3, 0.4) is 0 Å². The van der Waals surface area contributed by atoms with Gasteiger partial charge in [-0.1, -0.05) is 12.1 Å². The van der Waals surface area contributed by atoms with Gasteiger partial charge in [-0.3, -0.25) is 4.79 Å². The Morgan fingerprint density at radius 2 is 1.67 bits per heavy atom. The molecular formula is C23H29F2N3O2. The van der Waals surface area contributed by atoms with Crippen molar-refractivity contribution in [3.63, 3.8) is 0 Å². The summed E-state index contributed by atoms with van der Waals surface area (Å²) in [6.45, 7) is 5.86. The zero-order valence-electron chi connectivity index (χ0n) is 17.8. The van der Waals surface area contributed by atoms with Crippen LogP contribution >= 0.6 is 0 Å². The minimum Gasteiger partial charge on any atom is -0.434 e. The number of benzene rings is 2. The first-order valence-electron chi connectivity index (χ1n) is 10.2. The van der Waals surface area contributed by atoms with Crippen molar-refractivity contribution in [1.29, 1.82) is 0 Å². The van der Waals surface area contributed by atoms with E-state index in [1.54, 1.807) is 26.0 Å². The van der Waals surface area contributed by atoms with Crippen LogP contribution in [0.25, 0.3) is 0 Å². The van der Waals surface area contributed by atoms with Gasteiger partial charge in [0.05, 0.1) is 0 Å². The van der Waals surface area contributed by atoms with Gasteiger partial charge in [-0.2, -0.15) is 8.78 Å². The van der Waals surface area contributed by atoms with Crippen LogP contribution in [0, 0.1) is 13.8 Å². The Hall–Kier alpha value is -2.51. The minimum absolute atomic E-state index is 0.117. The molecule has 0 unspecified atom stereocenters. The molecule has 162 valence electrons. The Balaban J connectivity index is 1.56. The number of nitrogens with zero attached hydrogens (tertiary/aromatic N) is 2. The number of ether oxygens (including phenoxy) is 1. The zero-order chi connectivity index (χ0) is 21.7. The molecule has 1 heterocycles. The van der Waals surface area contributed by atoms with E-state index < -0.39 is 6.61 Å². The number of anilines is 1. The maximum Gasteiger partial charge on any atom is 0.387 e. The predicted molar refractivity (Wildman–Crippen MR) is 115 cm³/mol. The van der Waals surface area contributed by atoms with Gasteiger partial charge in [0.15, 0.2) is 0 Å². The molecule has 0 bridgehead atoms. The molecule has 0 spiro atoms. The van der Waals surface area contributed by atoms with E-state index in [9.17, 15) is 13.6 Å². The van der Waals surface area contributed by atoms with E-state index >= 15 is 0 Å². The minimum atomic E-state index is -2.89. The first-order chi connectivity index (χ1) is 14.3. The van der Waals surface area contributed by atoms with Gasteiger partial charge < -0.3 is 19.9 Å². The molecule has 0 aromatic heterocycles. The summed E-state index contributed by atoms with van der Waals surface area (Å²) in [7, 11) is 2.15. The summed E-state index contributed by atoms with van der Waals surface area (Å²) in [4.78, 5) is 17.4. The lowest BCUT2D eigenvalue weighted by molar-refractivity contribution is -0.0507. The molecule has 1 fully saturated rings. The summed E-state index contributed by atoms with van der Waals surface area (Å²) in [5, 5.41) is 2.87. The fraction of sp³-hybridized carbons (Fsp3) is 0.435. The van der Waals surface area contributed by atoms with Gasteiger partial charge >= 0.3 is 6.61 Å². The van der Waals surface area contributed by atoms with E-state index in [1.807, 2.05) is 24.3 Å². The van der Waals surface area contributed by atoms with Crippen molar-refractivity contribution in [1.82, 2.24) is 9.80 Å². The molecular weight excluding hydrogens is 388 g/mol. The normalized spacial score (nSPS) is 15.4. The third-order valence-electron chi connectivity index (χ3n) is 5.45. The van der Waals surface area contributed by atoms with E-state index in [0.29, 0.717) is 22.4 Å². The Bertz CT molecular complexity index is 840. The topological polar surface area (TPSA) is 44.8 Å². The third-order valence-corrected chi connectivity index (χ3v) is 5.45. The largest absolute Gasteiger partial charge is 0.434 e. The summed E-state index contributed by atoms with van der Waals surface area (Å²) in [6.07, 6.45) is 0.974. The number of carbonyl (C=O) groups excluding carboxylic acids is 1. The van der Waals surface area contributed by atoms with Crippen molar-refractivity contribution >= 4 is 11.6 Å². The maximum atomic E-state index is 12.6. The zero-order valence-corrected chi connectivity index (χ0v) is 17.8. The summed E-state index contributed by atoms with van der Waals surface area (Å²) >= 11 is 0. The van der Waals surface area contributed by atoms with Crippen LogP contribution in [0.5, 0.6) is 5.75 Å². The number of aryl methyl sites for hydroxylation is 2. The van der Waals surface area contributed by atoms with Crippen molar-refractivity contribution in [2.45, 2.75) is 26.9 Å². The number of rotatable bonds is 7. The molecule has 1 aliphatic rings. The number of carbonyl (C=O) groups is 1. The molecule has 2 aromatic rings. The smallest absolute Gasteiger partial charge is 0.387 e. The van der Waals surface area contributed by atoms with Crippen LogP contribution < -0.4 is 10.1 Å². The van der Waals surface area contributed by atoms with Crippen molar-refractivity contribution in [2.24, 2.45) is 0 Å². The number of alkyl halides is 2. The summed E-state index contributed by atoms with van der Waals surface area (Å²) in [5.74, 6) is -0.166. The highest BCUT2D eigenvalue weighted by molar-refractivity contribution is 6.04. The highest BCUT2D eigenvalue weighted by Gasteiger charge is 2.15. The van der Waals surface area contributed by atoms with E-state index in [1.165, 1.54) is 5.56 Å². The van der Waals surface area contributed by atoms with Crippen LogP contribution in [-0.4, -0.2) is 62.1 Å². The molecule has 1 N–H and O–H groups in total. The highest BCUT2D eigenvalue weighted by atomic mass is 19.3. The van der Waals surface area contributed by atoms with Crippen LogP contribution in [0.2, 0.25) is 0 Å². The van der Waals surface area contributed by atoms with Crippen molar-refractivity contribution in [3.05, 3.63) is 58.7 Å². The molecule has 1 saturated heterocycles. The molecule has 0 atom stereocenters. The van der Waals surface area contributed by atoms with Gasteiger partial charge in [0.2, 0.25) is 0 Å². The lowest BCUT2D eigenvalue weighted by Crippen LogP contribution is -2.45. The predicted octanol–water partition coefficient (Wildman–Crippen LogP) is 3.95. The number of halogens is 2. The number of amides is 1. The second-order valence-electron chi connectivity index (χ2n) is 7.86. The van der Waals surface area contributed by atoms with Gasteiger partial charge in [-0.15, -0.1) is 0 Å². The first-order valence-corrected chi connectivity index (χ1v) is 10.2. The van der Waals surface area contributed by atoms with Gasteiger partial charge in [-0.05, 0) is 68.3 Å². The summed E-state index contributed by atoms with van der Waals surface area (Å²) in [5.41, 5.74) is 3.34. The average molecular weight is 418 g/mol. The molecule has 0 saturated carbocycles. The number of hydrogen-bond acceptors (Lipinski definition) is 4. The molecule has 3 rings (SSSR count). The maximum absolute atomic E-state index is 12.6. The number of nitrogens with one attached hydrogen (secondary N) is 1. The summed E-state index contributed by atoms with van der Waals surface area (Å²) < 4.78 is 29.6. The van der Waals surface area contributed by atoms with Crippen molar-refractivity contribution in [2.75, 3.05) is 45.1 Å². The van der Waals surface area contributed by atoms with Crippen LogP contribution in [0.4, 0.5) is 14.5 Å². The molecule has 1 aliphatic heterocycles. The SMILES string of the molecule is Cc1cc(C(=O)Nc2ccc(CCN3CCN(C)CC3)cc2)cc(C)c1OC(F)F. The number of hydrogen-bond donors (Lipinski definition) is 1. The Morgan fingerprint density at radius 1 is 1.07 bits per heavy atom. The number of likely N-dealkylation sites (N-methyl/N-ethyl adjacent to an activating group) is 1.